The summed E-state index contributed by atoms with van der Waals surface area (Å²) < 4.78 is 12.1. The molecule has 198 valence electrons. The first kappa shape index (κ1) is 26.7. The van der Waals surface area contributed by atoms with E-state index in [9.17, 15) is 4.79 Å². The Morgan fingerprint density at radius 2 is 1.21 bits per heavy atom. The number of nitrogens with one attached hydrogen (secondary N) is 3. The lowest BCUT2D eigenvalue weighted by Crippen LogP contribution is -2.32. The maximum Gasteiger partial charge on any atom is 0.227 e. The summed E-state index contributed by atoms with van der Waals surface area (Å²) in [6.45, 7) is 0.587. The summed E-state index contributed by atoms with van der Waals surface area (Å²) in [4.78, 5) is 12.9. The van der Waals surface area contributed by atoms with Crippen molar-refractivity contribution in [3.05, 3.63) is 89.0 Å². The van der Waals surface area contributed by atoms with Gasteiger partial charge < -0.3 is 32.0 Å². The lowest BCUT2D eigenvalue weighted by molar-refractivity contribution is -0.120. The van der Waals surface area contributed by atoms with E-state index in [4.69, 9.17) is 37.5 Å². The average molecular weight is 515 g/mol. The lowest BCUT2D eigenvalue weighted by atomic mass is 9.86. The fraction of sp³-hybridized carbons (Fsp3) is 0.276. The highest BCUT2D eigenvalue weighted by Crippen LogP contribution is 2.30. The van der Waals surface area contributed by atoms with Crippen LogP contribution < -0.4 is 32.0 Å². The number of amides is 1. The number of benzene rings is 3. The summed E-state index contributed by atoms with van der Waals surface area (Å²) in [5.74, 6) is 1.03. The van der Waals surface area contributed by atoms with Crippen LogP contribution in [0.25, 0.3) is 0 Å². The Balaban J connectivity index is 1.48. The molecule has 0 aromatic heterocycles. The van der Waals surface area contributed by atoms with Gasteiger partial charge in [0.2, 0.25) is 5.91 Å². The molecule has 0 bridgehead atoms. The molecule has 1 aliphatic rings. The summed E-state index contributed by atoms with van der Waals surface area (Å²) in [5.41, 5.74) is 20.8. The Hall–Kier alpha value is -4.37. The number of hydrogen-bond acceptors (Lipinski definition) is 6. The highest BCUT2D eigenvalue weighted by atomic mass is 16.5. The van der Waals surface area contributed by atoms with Crippen molar-refractivity contribution in [1.29, 1.82) is 10.8 Å². The maximum absolute atomic E-state index is 12.9. The van der Waals surface area contributed by atoms with Gasteiger partial charge in [-0.1, -0.05) is 48.5 Å². The van der Waals surface area contributed by atoms with Gasteiger partial charge in [0.25, 0.3) is 0 Å². The topological polar surface area (TPSA) is 173 Å². The van der Waals surface area contributed by atoms with Crippen LogP contribution in [0.4, 0.5) is 5.69 Å². The van der Waals surface area contributed by atoms with Crippen LogP contribution in [0.5, 0.6) is 11.5 Å². The van der Waals surface area contributed by atoms with Crippen molar-refractivity contribution < 1.29 is 14.3 Å². The average Bonchev–Trinajstić information content (AvgIpc) is 2.91. The normalized spacial score (nSPS) is 16.9. The van der Waals surface area contributed by atoms with E-state index in [2.05, 4.69) is 5.32 Å². The van der Waals surface area contributed by atoms with Crippen molar-refractivity contribution >= 4 is 23.3 Å². The van der Waals surface area contributed by atoms with E-state index >= 15 is 0 Å². The predicted octanol–water partition coefficient (Wildman–Crippen LogP) is 3.87. The zero-order valence-corrected chi connectivity index (χ0v) is 21.2. The number of rotatable bonds is 10. The van der Waals surface area contributed by atoms with Crippen LogP contribution >= 0.6 is 0 Å². The standard InChI is InChI=1S/C29H34N6O3/c30-23-11-9-22(10-12-23)29(36)35-24-13-25(37-16-18-1-5-20(6-2-18)27(31)32)15-26(14-24)38-17-19-3-7-21(8-4-19)28(33)34/h1-8,13-15,22-23H,9-12,16-17,30H2,(H3,31,32)(H3,33,34)(H,35,36). The molecule has 1 fully saturated rings. The number of hydrogen-bond donors (Lipinski definition) is 6. The van der Waals surface area contributed by atoms with Crippen molar-refractivity contribution in [3.63, 3.8) is 0 Å². The molecule has 3 aromatic carbocycles. The fourth-order valence-electron chi connectivity index (χ4n) is 4.33. The molecular weight excluding hydrogens is 480 g/mol. The minimum atomic E-state index is -0.0664. The highest BCUT2D eigenvalue weighted by molar-refractivity contribution is 5.95. The van der Waals surface area contributed by atoms with Gasteiger partial charge in [-0.05, 0) is 36.8 Å². The highest BCUT2D eigenvalue weighted by Gasteiger charge is 2.24. The van der Waals surface area contributed by atoms with Crippen LogP contribution in [0.3, 0.4) is 0 Å². The second kappa shape index (κ2) is 12.2. The molecule has 9 nitrogen and oxygen atoms in total. The third-order valence-corrected chi connectivity index (χ3v) is 6.63. The van der Waals surface area contributed by atoms with Crippen LogP contribution in [-0.2, 0) is 18.0 Å². The minimum Gasteiger partial charge on any atom is -0.489 e. The SMILES string of the molecule is N=C(N)c1ccc(COc2cc(NC(=O)C3CCC(N)CC3)cc(OCc3ccc(C(=N)N)cc3)c2)cc1. The van der Waals surface area contributed by atoms with Gasteiger partial charge in [-0.25, -0.2) is 0 Å². The van der Waals surface area contributed by atoms with Gasteiger partial charge in [-0.3, -0.25) is 15.6 Å². The lowest BCUT2D eigenvalue weighted by Gasteiger charge is -2.25. The van der Waals surface area contributed by atoms with E-state index in [1.165, 1.54) is 0 Å². The summed E-state index contributed by atoms with van der Waals surface area (Å²) >= 11 is 0. The predicted molar refractivity (Wildman–Crippen MR) is 149 cm³/mol. The van der Waals surface area contributed by atoms with Crippen molar-refractivity contribution in [1.82, 2.24) is 0 Å². The largest absolute Gasteiger partial charge is 0.489 e. The molecule has 0 atom stereocenters. The smallest absolute Gasteiger partial charge is 0.227 e. The molecular formula is C29H34N6O3. The van der Waals surface area contributed by atoms with Gasteiger partial charge in [-0.15, -0.1) is 0 Å². The summed E-state index contributed by atoms with van der Waals surface area (Å²) in [7, 11) is 0. The zero-order valence-electron chi connectivity index (χ0n) is 21.2. The van der Waals surface area contributed by atoms with Gasteiger partial charge in [0, 0.05) is 47.0 Å². The Bertz CT molecular complexity index is 1200. The molecule has 0 heterocycles. The molecule has 0 spiro atoms. The molecule has 3 aromatic rings. The summed E-state index contributed by atoms with van der Waals surface area (Å²) in [6, 6.07) is 20.1. The van der Waals surface area contributed by atoms with Crippen LogP contribution in [0, 0.1) is 16.7 Å². The number of carbonyl (C=O) groups excluding carboxylic acids is 1. The molecule has 0 aliphatic heterocycles. The zero-order chi connectivity index (χ0) is 27.1. The van der Waals surface area contributed by atoms with E-state index < -0.39 is 0 Å². The van der Waals surface area contributed by atoms with E-state index in [1.54, 1.807) is 42.5 Å². The van der Waals surface area contributed by atoms with Gasteiger partial charge in [0.15, 0.2) is 0 Å². The van der Waals surface area contributed by atoms with Crippen LogP contribution in [-0.4, -0.2) is 23.6 Å². The first-order chi connectivity index (χ1) is 18.3. The number of nitrogens with two attached hydrogens (primary N) is 3. The molecule has 4 rings (SSSR count). The quantitative estimate of drug-likeness (QED) is 0.177. The first-order valence-electron chi connectivity index (χ1n) is 12.6. The van der Waals surface area contributed by atoms with Crippen LogP contribution in [0.2, 0.25) is 0 Å². The first-order valence-corrected chi connectivity index (χ1v) is 12.6. The number of nitrogen functional groups attached to an aromatic ring is 2. The fourth-order valence-corrected chi connectivity index (χ4v) is 4.33. The molecule has 9 N–H and O–H groups in total. The van der Waals surface area contributed by atoms with E-state index in [1.807, 2.05) is 24.3 Å². The molecule has 1 saturated carbocycles. The van der Waals surface area contributed by atoms with Crippen molar-refractivity contribution in [2.75, 3.05) is 5.32 Å². The Labute approximate surface area is 222 Å². The Morgan fingerprint density at radius 1 is 0.763 bits per heavy atom. The molecule has 1 aliphatic carbocycles. The van der Waals surface area contributed by atoms with Gasteiger partial charge in [0.05, 0.1) is 0 Å². The summed E-state index contributed by atoms with van der Waals surface area (Å²) in [5, 5.41) is 18.1. The molecule has 0 unspecified atom stereocenters. The maximum atomic E-state index is 12.9. The molecule has 0 saturated heterocycles. The van der Waals surface area contributed by atoms with E-state index in [0.717, 1.165) is 36.8 Å². The third kappa shape index (κ3) is 7.33. The van der Waals surface area contributed by atoms with Gasteiger partial charge in [-0.2, -0.15) is 0 Å². The minimum absolute atomic E-state index is 0.0126. The van der Waals surface area contributed by atoms with Gasteiger partial charge in [0.1, 0.15) is 36.4 Å². The summed E-state index contributed by atoms with van der Waals surface area (Å²) in [6.07, 6.45) is 3.25. The second-order valence-corrected chi connectivity index (χ2v) is 9.59. The molecule has 1 amide bonds. The van der Waals surface area contributed by atoms with Crippen molar-refractivity contribution in [2.45, 2.75) is 44.9 Å². The number of ether oxygens (including phenoxy) is 2. The number of amidine groups is 2. The monoisotopic (exact) mass is 514 g/mol. The van der Waals surface area contributed by atoms with Crippen molar-refractivity contribution in [3.8, 4) is 11.5 Å². The van der Waals surface area contributed by atoms with Gasteiger partial charge >= 0.3 is 0 Å². The number of carbonyl (C=O) groups is 1. The molecule has 0 radical (unpaired) electrons. The van der Waals surface area contributed by atoms with E-state index in [-0.39, 0.29) is 29.5 Å². The van der Waals surface area contributed by atoms with Crippen LogP contribution in [0.15, 0.2) is 66.7 Å². The third-order valence-electron chi connectivity index (χ3n) is 6.63. The van der Waals surface area contributed by atoms with Crippen LogP contribution in [0.1, 0.15) is 47.9 Å². The Kier molecular flexibility index (Phi) is 8.60. The molecule has 38 heavy (non-hydrogen) atoms. The Morgan fingerprint density at radius 3 is 1.63 bits per heavy atom. The number of anilines is 1. The second-order valence-electron chi connectivity index (χ2n) is 9.59. The van der Waals surface area contributed by atoms with Crippen molar-refractivity contribution in [2.24, 2.45) is 23.1 Å². The van der Waals surface area contributed by atoms with E-state index in [0.29, 0.717) is 41.5 Å². The molecule has 9 heteroatoms.